The molecule has 0 spiro atoms. The smallest absolute Gasteiger partial charge is 0.0300 e. The van der Waals surface area contributed by atoms with Gasteiger partial charge in [0.15, 0.2) is 0 Å². The molecule has 0 aromatic carbocycles. The Morgan fingerprint density at radius 1 is 0.917 bits per heavy atom. The van der Waals surface area contributed by atoms with Gasteiger partial charge < -0.3 is 0 Å². The van der Waals surface area contributed by atoms with Crippen molar-refractivity contribution in [3.8, 4) is 0 Å². The van der Waals surface area contributed by atoms with E-state index in [1.807, 2.05) is 0 Å². The Morgan fingerprint density at radius 2 is 1.33 bits per heavy atom. The lowest BCUT2D eigenvalue weighted by Gasteiger charge is -2.32. The highest BCUT2D eigenvalue weighted by Gasteiger charge is 2.24. The first-order valence-electron chi connectivity index (χ1n) is 6.16. The second-order valence-electron chi connectivity index (χ2n) is 4.96. The van der Waals surface area contributed by atoms with Crippen LogP contribution >= 0.6 is 0 Å². The molecule has 3 rings (SSSR count). The van der Waals surface area contributed by atoms with E-state index in [2.05, 4.69) is 6.92 Å². The minimum atomic E-state index is -0.101. The molecule has 0 heteroatoms. The zero-order valence-corrected chi connectivity index (χ0v) is 8.31. The molecule has 3 aliphatic carbocycles. The van der Waals surface area contributed by atoms with Crippen molar-refractivity contribution in [2.45, 2.75) is 58.3 Å². The van der Waals surface area contributed by atoms with Crippen LogP contribution in [0, 0.1) is 17.7 Å². The van der Waals surface area contributed by atoms with Gasteiger partial charge in [0.1, 0.15) is 0 Å². The highest BCUT2D eigenvalue weighted by atomic mass is 14.3. The van der Waals surface area contributed by atoms with Gasteiger partial charge >= 0.3 is 0 Å². The van der Waals surface area contributed by atoms with Gasteiger partial charge in [-0.2, -0.15) is 0 Å². The average molecular weight is 167 g/mol. The van der Waals surface area contributed by atoms with Crippen LogP contribution in [0.1, 0.15) is 59.7 Å². The molecule has 0 amide bonds. The van der Waals surface area contributed by atoms with E-state index in [9.17, 15) is 0 Å². The number of rotatable bonds is 0. The van der Waals surface area contributed by atoms with Crippen molar-refractivity contribution in [1.82, 2.24) is 0 Å². The maximum Gasteiger partial charge on any atom is 0.0300 e. The summed E-state index contributed by atoms with van der Waals surface area (Å²) in [6.07, 6.45) is 10.8. The molecule has 0 aromatic rings. The molecule has 3 fully saturated rings. The van der Waals surface area contributed by atoms with Crippen molar-refractivity contribution < 1.29 is 1.37 Å². The number of hydrogen-bond acceptors (Lipinski definition) is 0. The largest absolute Gasteiger partial charge is 0.0625 e. The zero-order valence-electron chi connectivity index (χ0n) is 9.31. The van der Waals surface area contributed by atoms with Gasteiger partial charge in [-0.15, -0.1) is 0 Å². The Bertz CT molecular complexity index is 148. The molecule has 3 aliphatic rings. The molecule has 0 radical (unpaired) electrons. The van der Waals surface area contributed by atoms with E-state index in [0.717, 1.165) is 11.8 Å². The molecule has 3 saturated carbocycles. The summed E-state index contributed by atoms with van der Waals surface area (Å²) in [4.78, 5) is 0. The van der Waals surface area contributed by atoms with Gasteiger partial charge in [0.2, 0.25) is 0 Å². The van der Waals surface area contributed by atoms with E-state index in [4.69, 9.17) is 1.37 Å². The molecule has 0 nitrogen and oxygen atoms in total. The standard InChI is InChI=1S/C12H22/c1-10-8-11-4-2-5-12(9-10)7-3-6-11/h10-12H,2-9H2,1H3/i10D. The maximum absolute atomic E-state index is 8.26. The van der Waals surface area contributed by atoms with Gasteiger partial charge in [0.25, 0.3) is 0 Å². The number of fused-ring (bicyclic) bond motifs is 6. The third-order valence-electron chi connectivity index (χ3n) is 3.72. The van der Waals surface area contributed by atoms with E-state index >= 15 is 0 Å². The van der Waals surface area contributed by atoms with Crippen molar-refractivity contribution in [2.24, 2.45) is 17.7 Å². The van der Waals surface area contributed by atoms with Crippen LogP contribution < -0.4 is 0 Å². The van der Waals surface area contributed by atoms with Crippen molar-refractivity contribution >= 4 is 0 Å². The summed E-state index contributed by atoms with van der Waals surface area (Å²) in [7, 11) is 0. The molecular weight excluding hydrogens is 144 g/mol. The molecule has 70 valence electrons. The van der Waals surface area contributed by atoms with Crippen LogP contribution in [0.25, 0.3) is 0 Å². The molecule has 12 heavy (non-hydrogen) atoms. The number of hydrogen-bond donors (Lipinski definition) is 0. The zero-order chi connectivity index (χ0) is 9.31. The Kier molecular flexibility index (Phi) is 2.35. The van der Waals surface area contributed by atoms with Crippen LogP contribution in [-0.2, 0) is 0 Å². The van der Waals surface area contributed by atoms with Gasteiger partial charge in [-0.05, 0) is 30.6 Å². The Hall–Kier alpha value is 0. The van der Waals surface area contributed by atoms with Crippen molar-refractivity contribution in [3.63, 3.8) is 0 Å². The maximum atomic E-state index is 8.26. The van der Waals surface area contributed by atoms with Gasteiger partial charge in [0.05, 0.1) is 0 Å². The van der Waals surface area contributed by atoms with Gasteiger partial charge in [0, 0.05) is 1.37 Å². The van der Waals surface area contributed by atoms with E-state index in [-0.39, 0.29) is 5.89 Å². The molecule has 0 N–H and O–H groups in total. The summed E-state index contributed by atoms with van der Waals surface area (Å²) in [5.41, 5.74) is 0. The SMILES string of the molecule is [2H]C1(C)CC2CCCC(CCC2)C1. The van der Waals surface area contributed by atoms with Crippen LogP contribution in [0.3, 0.4) is 0 Å². The molecule has 0 saturated heterocycles. The summed E-state index contributed by atoms with van der Waals surface area (Å²) < 4.78 is 8.26. The van der Waals surface area contributed by atoms with Gasteiger partial charge in [-0.3, -0.25) is 0 Å². The topological polar surface area (TPSA) is 0 Å². The fourth-order valence-corrected chi connectivity index (χ4v) is 3.16. The normalized spacial score (nSPS) is 50.6. The Balaban J connectivity index is 2.09. The first-order chi connectivity index (χ1) is 6.16. The second kappa shape index (κ2) is 3.81. The molecular formula is C12H22. The fraction of sp³-hybridized carbons (Fsp3) is 1.00. The summed E-state index contributed by atoms with van der Waals surface area (Å²) in [5.74, 6) is 1.66. The van der Waals surface area contributed by atoms with Gasteiger partial charge in [-0.1, -0.05) is 45.4 Å². The third-order valence-corrected chi connectivity index (χ3v) is 3.72. The van der Waals surface area contributed by atoms with E-state index < -0.39 is 0 Å². The van der Waals surface area contributed by atoms with E-state index in [0.29, 0.717) is 0 Å². The summed E-state index contributed by atoms with van der Waals surface area (Å²) in [5, 5.41) is 0. The lowest BCUT2D eigenvalue weighted by atomic mass is 9.74. The minimum absolute atomic E-state index is 0.101. The molecule has 0 aromatic heterocycles. The molecule has 0 unspecified atom stereocenters. The monoisotopic (exact) mass is 167 g/mol. The van der Waals surface area contributed by atoms with Crippen molar-refractivity contribution in [3.05, 3.63) is 0 Å². The predicted molar refractivity (Wildman–Crippen MR) is 53.1 cm³/mol. The first-order valence-corrected chi connectivity index (χ1v) is 5.66. The van der Waals surface area contributed by atoms with E-state index in [1.54, 1.807) is 0 Å². The van der Waals surface area contributed by atoms with Crippen LogP contribution in [0.15, 0.2) is 0 Å². The van der Waals surface area contributed by atoms with Crippen LogP contribution in [0.4, 0.5) is 0 Å². The molecule has 0 aliphatic heterocycles. The molecule has 2 bridgehead atoms. The van der Waals surface area contributed by atoms with Gasteiger partial charge in [-0.25, -0.2) is 0 Å². The Labute approximate surface area is 78.1 Å². The van der Waals surface area contributed by atoms with Crippen molar-refractivity contribution in [2.75, 3.05) is 0 Å². The second-order valence-corrected chi connectivity index (χ2v) is 4.96. The van der Waals surface area contributed by atoms with Crippen LogP contribution in [0.2, 0.25) is 0 Å². The summed E-state index contributed by atoms with van der Waals surface area (Å²) in [6, 6.07) is 0. The fourth-order valence-electron chi connectivity index (χ4n) is 3.16. The average Bonchev–Trinajstić information content (AvgIpc) is 1.93. The first kappa shape index (κ1) is 7.41. The summed E-state index contributed by atoms with van der Waals surface area (Å²) >= 11 is 0. The van der Waals surface area contributed by atoms with Crippen molar-refractivity contribution in [1.29, 1.82) is 0 Å². The molecule has 0 atom stereocenters. The highest BCUT2D eigenvalue weighted by Crippen LogP contribution is 2.37. The minimum Gasteiger partial charge on any atom is -0.0625 e. The van der Waals surface area contributed by atoms with Crippen LogP contribution in [-0.4, -0.2) is 0 Å². The quantitative estimate of drug-likeness (QED) is 0.511. The predicted octanol–water partition coefficient (Wildman–Crippen LogP) is 4.00. The lowest BCUT2D eigenvalue weighted by Crippen LogP contribution is -2.19. The Morgan fingerprint density at radius 3 is 1.75 bits per heavy atom. The van der Waals surface area contributed by atoms with Crippen LogP contribution in [0.5, 0.6) is 0 Å². The summed E-state index contributed by atoms with van der Waals surface area (Å²) in [6.45, 7) is 2.16. The van der Waals surface area contributed by atoms with E-state index in [1.165, 1.54) is 51.4 Å². The highest BCUT2D eigenvalue weighted by molar-refractivity contribution is 4.76. The third kappa shape index (κ3) is 2.02. The molecule has 0 heterocycles. The lowest BCUT2D eigenvalue weighted by molar-refractivity contribution is 0.201.